The van der Waals surface area contributed by atoms with Gasteiger partial charge in [-0.2, -0.15) is 0 Å². The third kappa shape index (κ3) is 3.02. The van der Waals surface area contributed by atoms with Crippen LogP contribution in [0.25, 0.3) is 0 Å². The van der Waals surface area contributed by atoms with E-state index in [1.54, 1.807) is 10.4 Å². The zero-order valence-corrected chi connectivity index (χ0v) is 14.7. The first-order chi connectivity index (χ1) is 7.24. The molecule has 0 fully saturated rings. The average Bonchev–Trinajstić information content (AvgIpc) is 2.25. The average molecular weight is 245 g/mol. The van der Waals surface area contributed by atoms with E-state index in [1.165, 1.54) is 10.4 Å². The van der Waals surface area contributed by atoms with Crippen LogP contribution in [0.1, 0.15) is 0 Å². The van der Waals surface area contributed by atoms with Crippen LogP contribution in [0.2, 0.25) is 0 Å². The highest BCUT2D eigenvalue weighted by Crippen LogP contribution is 1.81. The molecular weight excluding hydrogens is 228 g/mol. The van der Waals surface area contributed by atoms with Crippen molar-refractivity contribution < 1.29 is 0 Å². The summed E-state index contributed by atoms with van der Waals surface area (Å²) in [6.45, 7) is 0. The fourth-order valence-corrected chi connectivity index (χ4v) is 3.73. The van der Waals surface area contributed by atoms with Gasteiger partial charge in [-0.05, 0) is 0 Å². The molecule has 0 N–H and O–H groups in total. The molecule has 0 saturated carbocycles. The van der Waals surface area contributed by atoms with Gasteiger partial charge < -0.3 is 0 Å². The van der Waals surface area contributed by atoms with Crippen molar-refractivity contribution in [3.8, 4) is 0 Å². The van der Waals surface area contributed by atoms with Gasteiger partial charge >= 0.3 is 0 Å². The lowest BCUT2D eigenvalue weighted by atomic mass is 10.3. The van der Waals surface area contributed by atoms with Gasteiger partial charge in [0, 0.05) is 20.5 Å². The van der Waals surface area contributed by atoms with Crippen LogP contribution in [-0.4, -0.2) is 30.0 Å². The summed E-state index contributed by atoms with van der Waals surface area (Å²) in [6, 6.07) is 18.3. The van der Waals surface area contributed by atoms with Gasteiger partial charge in [0.15, 0.2) is 0 Å². The molecule has 2 aromatic carbocycles. The molecule has 0 radical (unpaired) electrons. The Labute approximate surface area is 99.4 Å². The lowest BCUT2D eigenvalue weighted by Gasteiger charge is -2.02. The van der Waals surface area contributed by atoms with Crippen molar-refractivity contribution >= 4 is 50.8 Å². The monoisotopic (exact) mass is 244 g/mol. The molecule has 3 heteroatoms. The Morgan fingerprint density at radius 3 is 1.27 bits per heavy atom. The number of benzene rings is 2. The summed E-state index contributed by atoms with van der Waals surface area (Å²) in [5, 5.41) is 6.08. The molecule has 0 heterocycles. The lowest BCUT2D eigenvalue weighted by Crippen LogP contribution is -2.28. The predicted octanol–water partition coefficient (Wildman–Crippen LogP) is -3.21. The first-order valence-electron chi connectivity index (χ1n) is 5.35. The molecule has 0 aromatic heterocycles. The second kappa shape index (κ2) is 4.74. The van der Waals surface area contributed by atoms with E-state index in [0.29, 0.717) is 0 Å². The Morgan fingerprint density at radius 2 is 0.933 bits per heavy atom. The Balaban J connectivity index is 2.15. The third-order valence-electron chi connectivity index (χ3n) is 2.65. The van der Waals surface area contributed by atoms with Crippen LogP contribution >= 0.6 is 0 Å². The minimum absolute atomic E-state index is 0.235. The molecule has 0 amide bonds. The van der Waals surface area contributed by atoms with Gasteiger partial charge in [-0.25, -0.2) is 0 Å². The van der Waals surface area contributed by atoms with E-state index in [4.69, 9.17) is 0 Å². The van der Waals surface area contributed by atoms with Gasteiger partial charge in [0.25, 0.3) is 0 Å². The summed E-state index contributed by atoms with van der Waals surface area (Å²) < 4.78 is 0. The molecule has 0 spiro atoms. The zero-order chi connectivity index (χ0) is 10.7. The van der Waals surface area contributed by atoms with Gasteiger partial charge in [-0.1, -0.05) is 69.3 Å². The molecule has 0 bridgehead atoms. The molecule has 2 rings (SSSR count). The number of rotatable bonds is 2. The van der Waals surface area contributed by atoms with Crippen molar-refractivity contribution in [2.45, 2.75) is 0 Å². The fourth-order valence-electron chi connectivity index (χ4n) is 1.65. The van der Waals surface area contributed by atoms with Gasteiger partial charge in [-0.3, -0.25) is 0 Å². The molecule has 0 aliphatic heterocycles. The summed E-state index contributed by atoms with van der Waals surface area (Å²) in [5.41, 5.74) is 0. The highest BCUT2D eigenvalue weighted by molar-refractivity contribution is 6.67. The standard InChI is InChI=1S/C12H16Si3/c13-9-1-5-11(6-2-9)15-12-7-3-10(14)4-8-12/h1-8H,15H2,13-14H3. The van der Waals surface area contributed by atoms with E-state index >= 15 is 0 Å². The first-order valence-corrected chi connectivity index (χ1v) is 8.76. The van der Waals surface area contributed by atoms with Crippen LogP contribution in [0.3, 0.4) is 0 Å². The number of hydrogen-bond donors (Lipinski definition) is 0. The van der Waals surface area contributed by atoms with Crippen molar-refractivity contribution in [1.82, 2.24) is 0 Å². The van der Waals surface area contributed by atoms with E-state index in [9.17, 15) is 0 Å². The Hall–Kier alpha value is -0.909. The minimum Gasteiger partial charge on any atom is -0.0708 e. The molecule has 0 atom stereocenters. The van der Waals surface area contributed by atoms with Crippen LogP contribution in [0, 0.1) is 0 Å². The van der Waals surface area contributed by atoms with E-state index in [2.05, 4.69) is 48.5 Å². The summed E-state index contributed by atoms with van der Waals surface area (Å²) >= 11 is 0. The first kappa shape index (κ1) is 10.6. The maximum atomic E-state index is 2.31. The zero-order valence-electron chi connectivity index (χ0n) is 9.33. The van der Waals surface area contributed by atoms with Crippen LogP contribution in [0.15, 0.2) is 48.5 Å². The largest absolute Gasteiger partial charge is 0.0875 e. The summed E-state index contributed by atoms with van der Waals surface area (Å²) in [7, 11) is 2.09. The molecule has 0 nitrogen and oxygen atoms in total. The minimum atomic E-state index is -0.235. The van der Waals surface area contributed by atoms with E-state index in [0.717, 1.165) is 20.5 Å². The highest BCUT2D eigenvalue weighted by Gasteiger charge is 1.96. The topological polar surface area (TPSA) is 0 Å². The second-order valence-corrected chi connectivity index (χ2v) is 8.44. The van der Waals surface area contributed by atoms with Gasteiger partial charge in [0.2, 0.25) is 0 Å². The van der Waals surface area contributed by atoms with Crippen molar-refractivity contribution in [3.63, 3.8) is 0 Å². The van der Waals surface area contributed by atoms with Crippen molar-refractivity contribution in [3.05, 3.63) is 48.5 Å². The second-order valence-electron chi connectivity index (χ2n) is 4.15. The Bertz CT molecular complexity index is 388. The predicted molar refractivity (Wildman–Crippen MR) is 79.8 cm³/mol. The van der Waals surface area contributed by atoms with Crippen LogP contribution in [0.4, 0.5) is 0 Å². The summed E-state index contributed by atoms with van der Waals surface area (Å²) in [6.07, 6.45) is 0. The summed E-state index contributed by atoms with van der Waals surface area (Å²) in [5.74, 6) is 0. The van der Waals surface area contributed by atoms with Crippen LogP contribution < -0.4 is 20.7 Å². The smallest absolute Gasteiger partial charge is 0.0708 e. The Kier molecular flexibility index (Phi) is 3.35. The Morgan fingerprint density at radius 1 is 0.600 bits per heavy atom. The quantitative estimate of drug-likeness (QED) is 0.488. The normalized spacial score (nSPS) is 11.5. The molecule has 2 aromatic rings. The SMILES string of the molecule is [SiH3]c1ccc([SiH2]c2ccc([SiH3])cc2)cc1. The third-order valence-corrected chi connectivity index (χ3v) is 5.74. The van der Waals surface area contributed by atoms with Gasteiger partial charge in [0.1, 0.15) is 0 Å². The van der Waals surface area contributed by atoms with E-state index < -0.39 is 0 Å². The maximum absolute atomic E-state index is 2.31. The van der Waals surface area contributed by atoms with E-state index in [-0.39, 0.29) is 9.52 Å². The van der Waals surface area contributed by atoms with Crippen LogP contribution in [-0.2, 0) is 0 Å². The molecule has 76 valence electrons. The molecule has 0 aliphatic carbocycles. The number of hydrogen-bond acceptors (Lipinski definition) is 0. The molecular formula is C12H16Si3. The fraction of sp³-hybridized carbons (Fsp3) is 0. The summed E-state index contributed by atoms with van der Waals surface area (Å²) in [4.78, 5) is 0. The molecule has 0 unspecified atom stereocenters. The van der Waals surface area contributed by atoms with E-state index in [1.807, 2.05) is 0 Å². The van der Waals surface area contributed by atoms with Gasteiger partial charge in [-0.15, -0.1) is 0 Å². The molecule has 0 saturated heterocycles. The molecule has 15 heavy (non-hydrogen) atoms. The van der Waals surface area contributed by atoms with Crippen molar-refractivity contribution in [2.24, 2.45) is 0 Å². The van der Waals surface area contributed by atoms with Crippen molar-refractivity contribution in [1.29, 1.82) is 0 Å². The highest BCUT2D eigenvalue weighted by atomic mass is 28.2. The van der Waals surface area contributed by atoms with Gasteiger partial charge in [0.05, 0.1) is 9.52 Å². The van der Waals surface area contributed by atoms with Crippen LogP contribution in [0.5, 0.6) is 0 Å². The molecule has 0 aliphatic rings. The van der Waals surface area contributed by atoms with Crippen molar-refractivity contribution in [2.75, 3.05) is 0 Å². The lowest BCUT2D eigenvalue weighted by molar-refractivity contribution is 1.81. The maximum Gasteiger partial charge on any atom is 0.0875 e.